The third kappa shape index (κ3) is 3.27. The van der Waals surface area contributed by atoms with Gasteiger partial charge in [0.2, 0.25) is 0 Å². The van der Waals surface area contributed by atoms with Gasteiger partial charge in [-0.1, -0.05) is 0 Å². The molecule has 7 heteroatoms. The van der Waals surface area contributed by atoms with Gasteiger partial charge in [-0.15, -0.1) is 0 Å². The Kier molecular flexibility index (Phi) is 5.73. The van der Waals surface area contributed by atoms with E-state index in [-0.39, 0.29) is 26.3 Å². The molecule has 1 aliphatic heterocycles. The molecular weight excluding hydrogens is 240 g/mol. The van der Waals surface area contributed by atoms with Crippen LogP contribution in [-0.2, 0) is 9.59 Å². The molecule has 0 atom stereocenters. The Morgan fingerprint density at radius 2 is 1.11 bits per heavy atom. The van der Waals surface area contributed by atoms with E-state index in [1.807, 2.05) is 0 Å². The molecule has 0 saturated carbocycles. The summed E-state index contributed by atoms with van der Waals surface area (Å²) in [4.78, 5) is 36.7. The molecule has 1 saturated heterocycles. The Morgan fingerprint density at radius 1 is 0.722 bits per heavy atom. The van der Waals surface area contributed by atoms with Gasteiger partial charge < -0.3 is 10.2 Å². The predicted molar refractivity (Wildman–Crippen MR) is 61.5 cm³/mol. The average Bonchev–Trinajstić information content (AvgIpc) is 2.56. The van der Waals surface area contributed by atoms with Crippen LogP contribution in [0.15, 0.2) is 0 Å². The minimum Gasteiger partial charge on any atom is -0.396 e. The van der Waals surface area contributed by atoms with Gasteiger partial charge in [0.1, 0.15) is 0 Å². The second kappa shape index (κ2) is 7.07. The van der Waals surface area contributed by atoms with Crippen molar-refractivity contribution in [2.24, 2.45) is 0 Å². The molecular formula is C11H18N2O5. The summed E-state index contributed by atoms with van der Waals surface area (Å²) in [5.74, 6) is -1.61. The minimum absolute atomic E-state index is 0.00954. The third-order valence-electron chi connectivity index (χ3n) is 2.71. The number of rotatable bonds is 8. The van der Waals surface area contributed by atoms with Gasteiger partial charge in [0.15, 0.2) is 0 Å². The first kappa shape index (κ1) is 14.6. The van der Waals surface area contributed by atoms with Gasteiger partial charge in [-0.05, 0) is 25.7 Å². The van der Waals surface area contributed by atoms with Crippen LogP contribution in [0.3, 0.4) is 0 Å². The van der Waals surface area contributed by atoms with Gasteiger partial charge in [0, 0.05) is 26.3 Å². The lowest BCUT2D eigenvalue weighted by molar-refractivity contribution is -0.143. The molecule has 0 aliphatic carbocycles. The van der Waals surface area contributed by atoms with Crippen LogP contribution in [0.1, 0.15) is 25.7 Å². The van der Waals surface area contributed by atoms with Crippen LogP contribution in [0.25, 0.3) is 0 Å². The van der Waals surface area contributed by atoms with E-state index < -0.39 is 17.8 Å². The van der Waals surface area contributed by atoms with E-state index in [1.54, 1.807) is 0 Å². The van der Waals surface area contributed by atoms with Gasteiger partial charge in [0.05, 0.1) is 0 Å². The Labute approximate surface area is 105 Å². The van der Waals surface area contributed by atoms with Crippen molar-refractivity contribution in [2.75, 3.05) is 26.3 Å². The molecule has 0 radical (unpaired) electrons. The molecule has 0 aromatic carbocycles. The van der Waals surface area contributed by atoms with Gasteiger partial charge in [0.25, 0.3) is 0 Å². The fourth-order valence-corrected chi connectivity index (χ4v) is 1.71. The van der Waals surface area contributed by atoms with Crippen LogP contribution < -0.4 is 0 Å². The first-order valence-electron chi connectivity index (χ1n) is 6.02. The topological polar surface area (TPSA) is 98.2 Å². The van der Waals surface area contributed by atoms with Crippen molar-refractivity contribution in [1.29, 1.82) is 0 Å². The van der Waals surface area contributed by atoms with Crippen molar-refractivity contribution < 1.29 is 24.6 Å². The molecule has 102 valence electrons. The lowest BCUT2D eigenvalue weighted by Crippen LogP contribution is -2.34. The molecule has 0 bridgehead atoms. The molecule has 4 amide bonds. The Morgan fingerprint density at radius 3 is 1.44 bits per heavy atom. The maximum Gasteiger partial charge on any atom is 0.334 e. The number of carbonyl (C=O) groups excluding carboxylic acids is 3. The molecule has 1 rings (SSSR count). The molecule has 18 heavy (non-hydrogen) atoms. The van der Waals surface area contributed by atoms with Crippen LogP contribution in [0.2, 0.25) is 0 Å². The van der Waals surface area contributed by atoms with Crippen molar-refractivity contribution in [3.05, 3.63) is 0 Å². The van der Waals surface area contributed by atoms with E-state index >= 15 is 0 Å². The number of aliphatic hydroxyl groups excluding tert-OH is 2. The summed E-state index contributed by atoms with van der Waals surface area (Å²) < 4.78 is 0. The van der Waals surface area contributed by atoms with Gasteiger partial charge in [-0.2, -0.15) is 0 Å². The van der Waals surface area contributed by atoms with E-state index in [4.69, 9.17) is 10.2 Å². The Bertz CT molecular complexity index is 301. The summed E-state index contributed by atoms with van der Waals surface area (Å²) in [7, 11) is 0. The summed E-state index contributed by atoms with van der Waals surface area (Å²) >= 11 is 0. The molecule has 1 aliphatic rings. The largest absolute Gasteiger partial charge is 0.396 e. The second-order valence-electron chi connectivity index (χ2n) is 4.06. The fourth-order valence-electron chi connectivity index (χ4n) is 1.71. The average molecular weight is 258 g/mol. The number of aliphatic hydroxyl groups is 2. The van der Waals surface area contributed by atoms with E-state index in [0.717, 1.165) is 9.80 Å². The Balaban J connectivity index is 2.54. The second-order valence-corrected chi connectivity index (χ2v) is 4.06. The highest BCUT2D eigenvalue weighted by Gasteiger charge is 2.43. The Hall–Kier alpha value is -1.47. The van der Waals surface area contributed by atoms with E-state index in [2.05, 4.69) is 0 Å². The fraction of sp³-hybridized carbons (Fsp3) is 0.727. The summed E-state index contributed by atoms with van der Waals surface area (Å²) in [5.41, 5.74) is 0. The third-order valence-corrected chi connectivity index (χ3v) is 2.71. The van der Waals surface area contributed by atoms with E-state index in [1.165, 1.54) is 0 Å². The highest BCUT2D eigenvalue weighted by Crippen LogP contribution is 2.13. The summed E-state index contributed by atoms with van der Waals surface area (Å²) in [5, 5.41) is 17.3. The molecule has 0 spiro atoms. The van der Waals surface area contributed by atoms with Crippen molar-refractivity contribution >= 4 is 17.8 Å². The zero-order valence-corrected chi connectivity index (χ0v) is 10.2. The smallest absolute Gasteiger partial charge is 0.334 e. The molecule has 2 N–H and O–H groups in total. The van der Waals surface area contributed by atoms with Crippen LogP contribution in [0.5, 0.6) is 0 Å². The van der Waals surface area contributed by atoms with Crippen LogP contribution in [0.4, 0.5) is 4.79 Å². The predicted octanol–water partition coefficient (Wildman–Crippen LogP) is -0.678. The molecule has 0 aromatic rings. The highest BCUT2D eigenvalue weighted by atomic mass is 16.3. The number of urea groups is 1. The molecule has 7 nitrogen and oxygen atoms in total. The summed E-state index contributed by atoms with van der Waals surface area (Å²) in [6, 6.07) is -0.596. The number of hydrogen-bond acceptors (Lipinski definition) is 5. The van der Waals surface area contributed by atoms with Crippen molar-refractivity contribution in [1.82, 2.24) is 9.80 Å². The number of nitrogens with zero attached hydrogens (tertiary/aromatic N) is 2. The molecule has 1 fully saturated rings. The SMILES string of the molecule is O=C1C(=O)N(CCCCO)C(=O)N1CCCCO. The lowest BCUT2D eigenvalue weighted by atomic mass is 10.3. The quantitative estimate of drug-likeness (QED) is 0.341. The first-order valence-corrected chi connectivity index (χ1v) is 6.02. The maximum atomic E-state index is 11.8. The number of hydrogen-bond donors (Lipinski definition) is 2. The van der Waals surface area contributed by atoms with Gasteiger partial charge >= 0.3 is 17.8 Å². The van der Waals surface area contributed by atoms with Crippen molar-refractivity contribution in [3.63, 3.8) is 0 Å². The van der Waals surface area contributed by atoms with E-state index in [9.17, 15) is 14.4 Å². The summed E-state index contributed by atoms with van der Waals surface area (Å²) in [6.45, 7) is 0.287. The van der Waals surface area contributed by atoms with Crippen molar-refractivity contribution in [2.45, 2.75) is 25.7 Å². The van der Waals surface area contributed by atoms with Crippen molar-refractivity contribution in [3.8, 4) is 0 Å². The lowest BCUT2D eigenvalue weighted by Gasteiger charge is -2.14. The van der Waals surface area contributed by atoms with Gasteiger partial charge in [-0.25, -0.2) is 4.79 Å². The molecule has 0 aromatic heterocycles. The summed E-state index contributed by atoms with van der Waals surface area (Å²) in [6.07, 6.45) is 1.92. The first-order chi connectivity index (χ1) is 8.63. The minimum atomic E-state index is -0.804. The zero-order chi connectivity index (χ0) is 13.5. The van der Waals surface area contributed by atoms with Gasteiger partial charge in [-0.3, -0.25) is 19.4 Å². The van der Waals surface area contributed by atoms with Crippen LogP contribution in [0, 0.1) is 0 Å². The van der Waals surface area contributed by atoms with Crippen LogP contribution in [-0.4, -0.2) is 64.2 Å². The number of carbonyl (C=O) groups is 3. The highest BCUT2D eigenvalue weighted by molar-refractivity contribution is 6.44. The standard InChI is InChI=1S/C11H18N2O5/c14-7-3-1-5-12-9(16)10(17)13(11(12)18)6-2-4-8-15/h14-15H,1-8H2. The molecule has 1 heterocycles. The number of amides is 4. The number of imide groups is 2. The number of unbranched alkanes of at least 4 members (excludes halogenated alkanes) is 2. The maximum absolute atomic E-state index is 11.8. The monoisotopic (exact) mass is 258 g/mol. The van der Waals surface area contributed by atoms with E-state index in [0.29, 0.717) is 25.7 Å². The van der Waals surface area contributed by atoms with Crippen LogP contribution >= 0.6 is 0 Å². The molecule has 0 unspecified atom stereocenters. The zero-order valence-electron chi connectivity index (χ0n) is 10.2. The normalized spacial score (nSPS) is 16.0.